The first-order chi connectivity index (χ1) is 13.5. The maximum Gasteiger partial charge on any atom is 0.243 e. The maximum atomic E-state index is 13.0. The number of piperidine rings is 1. The summed E-state index contributed by atoms with van der Waals surface area (Å²) in [6, 6.07) is 15.1. The quantitative estimate of drug-likeness (QED) is 0.794. The second-order valence-electron chi connectivity index (χ2n) is 7.70. The first kappa shape index (κ1) is 19.2. The SMILES string of the molecule is CN(C(=O)C1CCN(S(=O)(=O)c2ccc3c(c2)CCC3)CC1)c1ccccc1. The molecule has 0 unspecified atom stereocenters. The fourth-order valence-corrected chi connectivity index (χ4v) is 5.77. The van der Waals surface area contributed by atoms with E-state index in [0.29, 0.717) is 30.8 Å². The summed E-state index contributed by atoms with van der Waals surface area (Å²) in [7, 11) is -1.71. The van der Waals surface area contributed by atoms with Crippen molar-refractivity contribution in [2.45, 2.75) is 37.0 Å². The number of nitrogens with zero attached hydrogens (tertiary/aromatic N) is 2. The molecule has 1 fully saturated rings. The predicted octanol–water partition coefficient (Wildman–Crippen LogP) is 3.24. The van der Waals surface area contributed by atoms with E-state index in [4.69, 9.17) is 0 Å². The van der Waals surface area contributed by atoms with Gasteiger partial charge in [0.15, 0.2) is 0 Å². The van der Waals surface area contributed by atoms with Crippen molar-refractivity contribution in [3.63, 3.8) is 0 Å². The summed E-state index contributed by atoms with van der Waals surface area (Å²) in [6.45, 7) is 0.775. The van der Waals surface area contributed by atoms with Gasteiger partial charge in [-0.15, -0.1) is 0 Å². The Hall–Kier alpha value is -2.18. The van der Waals surface area contributed by atoms with Crippen LogP contribution in [-0.4, -0.2) is 38.8 Å². The van der Waals surface area contributed by atoms with Crippen molar-refractivity contribution in [2.24, 2.45) is 5.92 Å². The molecule has 148 valence electrons. The molecule has 2 aromatic rings. The van der Waals surface area contributed by atoms with E-state index in [1.807, 2.05) is 42.5 Å². The Labute approximate surface area is 167 Å². The molecular formula is C22H26N2O3S. The third-order valence-electron chi connectivity index (χ3n) is 5.98. The zero-order valence-electron chi connectivity index (χ0n) is 16.2. The predicted molar refractivity (Wildman–Crippen MR) is 110 cm³/mol. The summed E-state index contributed by atoms with van der Waals surface area (Å²) in [5.41, 5.74) is 3.29. The summed E-state index contributed by atoms with van der Waals surface area (Å²) in [5.74, 6) is -0.0857. The third kappa shape index (κ3) is 3.59. The van der Waals surface area contributed by atoms with E-state index < -0.39 is 10.0 Å². The van der Waals surface area contributed by atoms with Crippen LogP contribution in [0.3, 0.4) is 0 Å². The first-order valence-corrected chi connectivity index (χ1v) is 11.4. The number of hydrogen-bond acceptors (Lipinski definition) is 3. The van der Waals surface area contributed by atoms with Crippen LogP contribution in [0.5, 0.6) is 0 Å². The highest BCUT2D eigenvalue weighted by molar-refractivity contribution is 7.89. The van der Waals surface area contributed by atoms with Crippen molar-refractivity contribution in [2.75, 3.05) is 25.0 Å². The van der Waals surface area contributed by atoms with Crippen LogP contribution in [0.2, 0.25) is 0 Å². The molecule has 1 saturated heterocycles. The average molecular weight is 399 g/mol. The highest BCUT2D eigenvalue weighted by Gasteiger charge is 2.33. The van der Waals surface area contributed by atoms with Gasteiger partial charge >= 0.3 is 0 Å². The van der Waals surface area contributed by atoms with Crippen LogP contribution in [0.25, 0.3) is 0 Å². The minimum Gasteiger partial charge on any atom is -0.315 e. The summed E-state index contributed by atoms with van der Waals surface area (Å²) in [4.78, 5) is 14.9. The number of benzene rings is 2. The third-order valence-corrected chi connectivity index (χ3v) is 7.88. The summed E-state index contributed by atoms with van der Waals surface area (Å²) in [6.07, 6.45) is 4.21. The number of aryl methyl sites for hydroxylation is 2. The van der Waals surface area contributed by atoms with E-state index >= 15 is 0 Å². The molecule has 1 aliphatic heterocycles. The maximum absolute atomic E-state index is 13.0. The average Bonchev–Trinajstić information content (AvgIpc) is 3.21. The van der Waals surface area contributed by atoms with Gasteiger partial charge in [-0.2, -0.15) is 4.31 Å². The highest BCUT2D eigenvalue weighted by Crippen LogP contribution is 2.29. The van der Waals surface area contributed by atoms with Crippen LogP contribution >= 0.6 is 0 Å². The van der Waals surface area contributed by atoms with Crippen LogP contribution in [-0.2, 0) is 27.7 Å². The van der Waals surface area contributed by atoms with Gasteiger partial charge in [-0.05, 0) is 67.5 Å². The molecule has 5 nitrogen and oxygen atoms in total. The van der Waals surface area contributed by atoms with Gasteiger partial charge in [0.25, 0.3) is 0 Å². The van der Waals surface area contributed by atoms with E-state index in [0.717, 1.165) is 30.5 Å². The Morgan fingerprint density at radius 2 is 1.68 bits per heavy atom. The highest BCUT2D eigenvalue weighted by atomic mass is 32.2. The number of carbonyl (C=O) groups excluding carboxylic acids is 1. The molecule has 1 aliphatic carbocycles. The molecular weight excluding hydrogens is 372 g/mol. The van der Waals surface area contributed by atoms with Gasteiger partial charge in [0, 0.05) is 31.7 Å². The number of sulfonamides is 1. The van der Waals surface area contributed by atoms with E-state index in [2.05, 4.69) is 0 Å². The van der Waals surface area contributed by atoms with Gasteiger partial charge in [-0.1, -0.05) is 24.3 Å². The number of para-hydroxylation sites is 1. The minimum absolute atomic E-state index is 0.0563. The molecule has 0 N–H and O–H groups in total. The topological polar surface area (TPSA) is 57.7 Å². The van der Waals surface area contributed by atoms with Crippen LogP contribution in [0.1, 0.15) is 30.4 Å². The smallest absolute Gasteiger partial charge is 0.243 e. The Morgan fingerprint density at radius 1 is 1.00 bits per heavy atom. The Morgan fingerprint density at radius 3 is 2.39 bits per heavy atom. The Balaban J connectivity index is 1.43. The molecule has 2 aliphatic rings. The monoisotopic (exact) mass is 398 g/mol. The second-order valence-corrected chi connectivity index (χ2v) is 9.63. The van der Waals surface area contributed by atoms with E-state index in [-0.39, 0.29) is 11.8 Å². The van der Waals surface area contributed by atoms with Gasteiger partial charge in [0.1, 0.15) is 0 Å². The van der Waals surface area contributed by atoms with Crippen molar-refractivity contribution in [1.82, 2.24) is 4.31 Å². The molecule has 28 heavy (non-hydrogen) atoms. The normalized spacial score (nSPS) is 18.0. The molecule has 0 bridgehead atoms. The molecule has 4 rings (SSSR count). The number of carbonyl (C=O) groups is 1. The van der Waals surface area contributed by atoms with Crippen LogP contribution in [0.4, 0.5) is 5.69 Å². The van der Waals surface area contributed by atoms with Gasteiger partial charge in [0.2, 0.25) is 15.9 Å². The van der Waals surface area contributed by atoms with Gasteiger partial charge < -0.3 is 4.90 Å². The van der Waals surface area contributed by atoms with Crippen molar-refractivity contribution < 1.29 is 13.2 Å². The Kier molecular flexibility index (Phi) is 5.25. The van der Waals surface area contributed by atoms with Gasteiger partial charge in [-0.25, -0.2) is 8.42 Å². The minimum atomic E-state index is -3.50. The molecule has 1 heterocycles. The molecule has 0 saturated carbocycles. The molecule has 0 radical (unpaired) electrons. The van der Waals surface area contributed by atoms with Crippen molar-refractivity contribution >= 4 is 21.6 Å². The number of amides is 1. The van der Waals surface area contributed by atoms with Crippen LogP contribution < -0.4 is 4.90 Å². The van der Waals surface area contributed by atoms with Crippen molar-refractivity contribution in [1.29, 1.82) is 0 Å². The van der Waals surface area contributed by atoms with Gasteiger partial charge in [0.05, 0.1) is 4.90 Å². The zero-order valence-corrected chi connectivity index (χ0v) is 17.0. The summed E-state index contributed by atoms with van der Waals surface area (Å²) >= 11 is 0. The van der Waals surface area contributed by atoms with E-state index in [1.165, 1.54) is 9.87 Å². The number of hydrogen-bond donors (Lipinski definition) is 0. The van der Waals surface area contributed by atoms with E-state index in [9.17, 15) is 13.2 Å². The molecule has 0 atom stereocenters. The largest absolute Gasteiger partial charge is 0.315 e. The Bertz CT molecular complexity index is 965. The molecule has 0 aromatic heterocycles. The van der Waals surface area contributed by atoms with Crippen LogP contribution in [0.15, 0.2) is 53.4 Å². The number of rotatable bonds is 4. The lowest BCUT2D eigenvalue weighted by Crippen LogP contribution is -2.43. The lowest BCUT2D eigenvalue weighted by molar-refractivity contribution is -0.123. The lowest BCUT2D eigenvalue weighted by Gasteiger charge is -2.32. The number of fused-ring (bicyclic) bond motifs is 1. The summed E-state index contributed by atoms with van der Waals surface area (Å²) in [5, 5.41) is 0. The van der Waals surface area contributed by atoms with Crippen LogP contribution in [0, 0.1) is 5.92 Å². The lowest BCUT2D eigenvalue weighted by atomic mass is 9.96. The summed E-state index contributed by atoms with van der Waals surface area (Å²) < 4.78 is 27.6. The molecule has 6 heteroatoms. The first-order valence-electron chi connectivity index (χ1n) is 9.91. The second kappa shape index (κ2) is 7.68. The van der Waals surface area contributed by atoms with Crippen molar-refractivity contribution in [3.05, 3.63) is 59.7 Å². The number of anilines is 1. The van der Waals surface area contributed by atoms with Crippen molar-refractivity contribution in [3.8, 4) is 0 Å². The zero-order chi connectivity index (χ0) is 19.7. The fraction of sp³-hybridized carbons (Fsp3) is 0.409. The van der Waals surface area contributed by atoms with Gasteiger partial charge in [-0.3, -0.25) is 4.79 Å². The molecule has 1 amide bonds. The fourth-order valence-electron chi connectivity index (χ4n) is 4.25. The molecule has 0 spiro atoms. The standard InChI is InChI=1S/C22H26N2O3S/c1-23(20-8-3-2-4-9-20)22(25)18-12-14-24(15-13-18)28(26,27)21-11-10-17-6-5-7-19(17)16-21/h2-4,8-11,16,18H,5-7,12-15H2,1H3. The van der Waals surface area contributed by atoms with E-state index in [1.54, 1.807) is 18.0 Å². The molecule has 2 aromatic carbocycles.